The summed E-state index contributed by atoms with van der Waals surface area (Å²) in [7, 11) is 0. The molecule has 16 heavy (non-hydrogen) atoms. The molecule has 0 aliphatic heterocycles. The van der Waals surface area contributed by atoms with Gasteiger partial charge in [-0.1, -0.05) is 32.1 Å². The van der Waals surface area contributed by atoms with Crippen molar-refractivity contribution in [2.45, 2.75) is 64.0 Å². The van der Waals surface area contributed by atoms with Crippen LogP contribution in [0, 0.1) is 11.8 Å². The number of fused-ring (bicyclic) bond motifs is 1. The third kappa shape index (κ3) is 2.57. The summed E-state index contributed by atoms with van der Waals surface area (Å²) in [5.41, 5.74) is 0. The molecule has 3 heteroatoms. The zero-order valence-electron chi connectivity index (χ0n) is 10.1. The summed E-state index contributed by atoms with van der Waals surface area (Å²) in [4.78, 5) is 10.9. The Kier molecular flexibility index (Phi) is 3.85. The molecule has 0 radical (unpaired) electrons. The second-order valence-corrected chi connectivity index (χ2v) is 5.47. The monoisotopic (exact) mass is 225 g/mol. The molecule has 2 aliphatic carbocycles. The summed E-state index contributed by atoms with van der Waals surface area (Å²) in [5.74, 6) is 0.878. The van der Waals surface area contributed by atoms with Crippen LogP contribution in [0.2, 0.25) is 0 Å². The van der Waals surface area contributed by atoms with Crippen molar-refractivity contribution in [1.29, 1.82) is 0 Å². The fourth-order valence-corrected chi connectivity index (χ4v) is 3.54. The first-order chi connectivity index (χ1) is 7.68. The van der Waals surface area contributed by atoms with E-state index in [9.17, 15) is 4.79 Å². The summed E-state index contributed by atoms with van der Waals surface area (Å²) >= 11 is 0. The van der Waals surface area contributed by atoms with Gasteiger partial charge >= 0.3 is 5.97 Å². The molecule has 4 atom stereocenters. The van der Waals surface area contributed by atoms with E-state index in [2.05, 4.69) is 5.32 Å². The van der Waals surface area contributed by atoms with Crippen LogP contribution in [0.3, 0.4) is 0 Å². The zero-order valence-corrected chi connectivity index (χ0v) is 10.1. The van der Waals surface area contributed by atoms with Crippen molar-refractivity contribution in [1.82, 2.24) is 5.32 Å². The van der Waals surface area contributed by atoms with Crippen LogP contribution in [0.15, 0.2) is 0 Å². The fraction of sp³-hybridized carbons (Fsp3) is 0.923. The van der Waals surface area contributed by atoms with E-state index in [0.717, 1.165) is 11.8 Å². The lowest BCUT2D eigenvalue weighted by atomic mass is 9.68. The van der Waals surface area contributed by atoms with Crippen molar-refractivity contribution < 1.29 is 9.90 Å². The average molecular weight is 225 g/mol. The molecule has 92 valence electrons. The summed E-state index contributed by atoms with van der Waals surface area (Å²) in [6.45, 7) is 1.76. The fourth-order valence-electron chi connectivity index (χ4n) is 3.54. The Bertz CT molecular complexity index is 252. The lowest BCUT2D eigenvalue weighted by molar-refractivity contribution is -0.139. The van der Waals surface area contributed by atoms with Crippen molar-refractivity contribution in [3.63, 3.8) is 0 Å². The third-order valence-electron chi connectivity index (χ3n) is 4.41. The maximum absolute atomic E-state index is 10.9. The number of rotatable bonds is 3. The van der Waals surface area contributed by atoms with Gasteiger partial charge in [-0.2, -0.15) is 0 Å². The van der Waals surface area contributed by atoms with E-state index in [0.29, 0.717) is 6.04 Å². The van der Waals surface area contributed by atoms with Gasteiger partial charge in [0.1, 0.15) is 6.04 Å². The predicted octanol–water partition coefficient (Wildman–Crippen LogP) is 2.41. The smallest absolute Gasteiger partial charge is 0.320 e. The van der Waals surface area contributed by atoms with Crippen LogP contribution in [0.5, 0.6) is 0 Å². The highest BCUT2D eigenvalue weighted by molar-refractivity contribution is 5.72. The van der Waals surface area contributed by atoms with E-state index in [4.69, 9.17) is 5.11 Å². The summed E-state index contributed by atoms with van der Waals surface area (Å²) in [5, 5.41) is 12.3. The van der Waals surface area contributed by atoms with Crippen molar-refractivity contribution in [3.8, 4) is 0 Å². The second kappa shape index (κ2) is 5.17. The lowest BCUT2D eigenvalue weighted by Gasteiger charge is -2.42. The summed E-state index contributed by atoms with van der Waals surface area (Å²) in [6, 6.07) is 0.0517. The van der Waals surface area contributed by atoms with Crippen LogP contribution in [0.1, 0.15) is 51.9 Å². The normalized spacial score (nSPS) is 36.4. The minimum absolute atomic E-state index is 0.398. The van der Waals surface area contributed by atoms with Crippen LogP contribution in [-0.2, 0) is 4.79 Å². The van der Waals surface area contributed by atoms with Crippen molar-refractivity contribution in [2.75, 3.05) is 0 Å². The first kappa shape index (κ1) is 11.9. The van der Waals surface area contributed by atoms with Gasteiger partial charge in [0.05, 0.1) is 0 Å². The number of carbonyl (C=O) groups is 1. The molecule has 0 aromatic carbocycles. The van der Waals surface area contributed by atoms with Gasteiger partial charge in [-0.15, -0.1) is 0 Å². The Balaban J connectivity index is 1.94. The van der Waals surface area contributed by atoms with E-state index in [1.165, 1.54) is 44.9 Å². The van der Waals surface area contributed by atoms with Gasteiger partial charge in [0.2, 0.25) is 0 Å². The van der Waals surface area contributed by atoms with Crippen molar-refractivity contribution in [2.24, 2.45) is 11.8 Å². The molecule has 0 amide bonds. The van der Waals surface area contributed by atoms with Crippen LogP contribution in [0.25, 0.3) is 0 Å². The van der Waals surface area contributed by atoms with Crippen LogP contribution in [-0.4, -0.2) is 23.2 Å². The molecule has 0 aromatic rings. The quantitative estimate of drug-likeness (QED) is 0.775. The van der Waals surface area contributed by atoms with Gasteiger partial charge in [0, 0.05) is 6.04 Å². The molecule has 0 bridgehead atoms. The van der Waals surface area contributed by atoms with Crippen molar-refractivity contribution in [3.05, 3.63) is 0 Å². The van der Waals surface area contributed by atoms with E-state index in [-0.39, 0.29) is 0 Å². The largest absolute Gasteiger partial charge is 0.480 e. The zero-order chi connectivity index (χ0) is 11.5. The molecule has 0 heterocycles. The molecule has 2 aliphatic rings. The summed E-state index contributed by atoms with van der Waals surface area (Å²) in [6.07, 6.45) is 9.18. The van der Waals surface area contributed by atoms with E-state index >= 15 is 0 Å². The first-order valence-corrected chi connectivity index (χ1v) is 6.67. The maximum Gasteiger partial charge on any atom is 0.320 e. The number of carboxylic acid groups (broad SMARTS) is 1. The molecule has 0 aromatic heterocycles. The maximum atomic E-state index is 10.9. The Morgan fingerprint density at radius 1 is 1.19 bits per heavy atom. The van der Waals surface area contributed by atoms with Crippen molar-refractivity contribution >= 4 is 5.97 Å². The van der Waals surface area contributed by atoms with Gasteiger partial charge in [-0.25, -0.2) is 0 Å². The van der Waals surface area contributed by atoms with E-state index in [1.807, 2.05) is 0 Å². The minimum Gasteiger partial charge on any atom is -0.480 e. The molecule has 2 N–H and O–H groups in total. The van der Waals surface area contributed by atoms with Crippen LogP contribution < -0.4 is 5.32 Å². The second-order valence-electron chi connectivity index (χ2n) is 5.47. The Hall–Kier alpha value is -0.570. The molecular weight excluding hydrogens is 202 g/mol. The molecule has 4 unspecified atom stereocenters. The molecule has 2 saturated carbocycles. The van der Waals surface area contributed by atoms with Gasteiger partial charge < -0.3 is 10.4 Å². The first-order valence-electron chi connectivity index (χ1n) is 6.67. The predicted molar refractivity (Wildman–Crippen MR) is 63.3 cm³/mol. The SMILES string of the molecule is CC(NC1CCCC2CCCCC21)C(=O)O. The molecule has 0 saturated heterocycles. The lowest BCUT2D eigenvalue weighted by Crippen LogP contribution is -2.49. The van der Waals surface area contributed by atoms with Crippen LogP contribution >= 0.6 is 0 Å². The third-order valence-corrected chi connectivity index (χ3v) is 4.41. The minimum atomic E-state index is -0.724. The molecule has 3 nitrogen and oxygen atoms in total. The number of carboxylic acids is 1. The molecule has 2 fully saturated rings. The molecule has 0 spiro atoms. The van der Waals surface area contributed by atoms with Crippen LogP contribution in [0.4, 0.5) is 0 Å². The van der Waals surface area contributed by atoms with Gasteiger partial charge in [0.25, 0.3) is 0 Å². The van der Waals surface area contributed by atoms with Gasteiger partial charge in [-0.05, 0) is 31.6 Å². The number of hydrogen-bond donors (Lipinski definition) is 2. The van der Waals surface area contributed by atoms with E-state index < -0.39 is 12.0 Å². The number of nitrogens with one attached hydrogen (secondary N) is 1. The van der Waals surface area contributed by atoms with E-state index in [1.54, 1.807) is 6.92 Å². The molecular formula is C13H23NO2. The number of hydrogen-bond acceptors (Lipinski definition) is 2. The Morgan fingerprint density at radius 3 is 2.62 bits per heavy atom. The highest BCUT2D eigenvalue weighted by atomic mass is 16.4. The molecule has 2 rings (SSSR count). The van der Waals surface area contributed by atoms with Gasteiger partial charge in [0.15, 0.2) is 0 Å². The highest BCUT2D eigenvalue weighted by Gasteiger charge is 2.35. The Morgan fingerprint density at radius 2 is 1.88 bits per heavy atom. The average Bonchev–Trinajstić information content (AvgIpc) is 2.29. The highest BCUT2D eigenvalue weighted by Crippen LogP contribution is 2.40. The number of aliphatic carboxylic acids is 1. The Labute approximate surface area is 97.6 Å². The standard InChI is InChI=1S/C13H23NO2/c1-9(13(15)16)14-12-8-4-6-10-5-2-3-7-11(10)12/h9-12,14H,2-8H2,1H3,(H,15,16). The summed E-state index contributed by atoms with van der Waals surface area (Å²) < 4.78 is 0. The van der Waals surface area contributed by atoms with Gasteiger partial charge in [-0.3, -0.25) is 4.79 Å². The topological polar surface area (TPSA) is 49.3 Å².